The summed E-state index contributed by atoms with van der Waals surface area (Å²) in [5.41, 5.74) is 0.225. The summed E-state index contributed by atoms with van der Waals surface area (Å²) in [5, 5.41) is 41.8. The maximum Gasteiger partial charge on any atom is 0.467 e. The third-order valence-electron chi connectivity index (χ3n) is 9.17. The van der Waals surface area contributed by atoms with E-state index < -0.39 is 42.1 Å². The van der Waals surface area contributed by atoms with Crippen LogP contribution in [-0.4, -0.2) is 45.1 Å². The Morgan fingerprint density at radius 1 is 1.06 bits per heavy atom. The Hall–Kier alpha value is -2.71. The van der Waals surface area contributed by atoms with E-state index in [0.29, 0.717) is 23.3 Å². The molecule has 0 spiro atoms. The number of hydrogen-bond acceptors (Lipinski definition) is 7. The molecule has 1 aromatic rings. The number of fused-ring (bicyclic) bond motifs is 4. The van der Waals surface area contributed by atoms with Crippen molar-refractivity contribution in [3.05, 3.63) is 70.4 Å². The van der Waals surface area contributed by atoms with Gasteiger partial charge < -0.3 is 29.7 Å². The highest BCUT2D eigenvalue weighted by atomic mass is 16.6. The number of ether oxygens (including phenoxy) is 2. The van der Waals surface area contributed by atoms with Crippen molar-refractivity contribution in [2.75, 3.05) is 0 Å². The Morgan fingerprint density at radius 3 is 2.42 bits per heavy atom. The lowest BCUT2D eigenvalue weighted by Crippen LogP contribution is -2.47. The largest absolute Gasteiger partial charge is 0.509 e. The molecular formula is C28H35BO7. The van der Waals surface area contributed by atoms with Gasteiger partial charge in [0.05, 0.1) is 11.4 Å². The first-order valence-electron chi connectivity index (χ1n) is 12.8. The van der Waals surface area contributed by atoms with Gasteiger partial charge in [0, 0.05) is 11.1 Å². The Morgan fingerprint density at radius 2 is 1.75 bits per heavy atom. The van der Waals surface area contributed by atoms with E-state index in [1.165, 1.54) is 6.08 Å². The molecular weight excluding hydrogens is 459 g/mol. The van der Waals surface area contributed by atoms with E-state index in [-0.39, 0.29) is 16.7 Å². The number of carbonyl (C=O) groups excluding carboxylic acids is 1. The zero-order valence-electron chi connectivity index (χ0n) is 21.3. The first kappa shape index (κ1) is 25.0. The van der Waals surface area contributed by atoms with E-state index in [9.17, 15) is 25.1 Å². The van der Waals surface area contributed by atoms with Gasteiger partial charge in [-0.15, -0.1) is 0 Å². The summed E-state index contributed by atoms with van der Waals surface area (Å²) in [6.45, 7) is 8.46. The number of hydrogen-bond donors (Lipinski definition) is 4. The second-order valence-corrected chi connectivity index (χ2v) is 11.8. The summed E-state index contributed by atoms with van der Waals surface area (Å²) in [7, 11) is -1.97. The molecule has 5 atom stereocenters. The Kier molecular flexibility index (Phi) is 5.84. The van der Waals surface area contributed by atoms with Crippen LogP contribution in [0.15, 0.2) is 64.8 Å². The van der Waals surface area contributed by atoms with Crippen molar-refractivity contribution < 1.29 is 34.5 Å². The topological polar surface area (TPSA) is 116 Å². The molecule has 0 radical (unpaired) electrons. The van der Waals surface area contributed by atoms with Crippen LogP contribution < -0.4 is 0 Å². The summed E-state index contributed by atoms with van der Waals surface area (Å²) in [6, 6.07) is 8.81. The van der Waals surface area contributed by atoms with Gasteiger partial charge in [-0.3, -0.25) is 0 Å². The average Bonchev–Trinajstić information content (AvgIpc) is 3.04. The van der Waals surface area contributed by atoms with E-state index >= 15 is 0 Å². The predicted molar refractivity (Wildman–Crippen MR) is 135 cm³/mol. The molecule has 5 rings (SSSR count). The molecule has 3 unspecified atom stereocenters. The average molecular weight is 494 g/mol. The first-order valence-corrected chi connectivity index (χ1v) is 12.8. The van der Waals surface area contributed by atoms with Crippen molar-refractivity contribution >= 4 is 13.1 Å². The van der Waals surface area contributed by atoms with E-state index in [2.05, 4.69) is 20.8 Å². The Labute approximate surface area is 212 Å². The Bertz CT molecular complexity index is 1170. The number of aliphatic hydroxyl groups is 2. The molecule has 1 aliphatic heterocycles. The molecule has 4 aliphatic rings. The van der Waals surface area contributed by atoms with E-state index in [1.54, 1.807) is 31.2 Å². The van der Waals surface area contributed by atoms with Gasteiger partial charge in [0.25, 0.3) is 0 Å². The lowest BCUT2D eigenvalue weighted by molar-refractivity contribution is -0.0159. The van der Waals surface area contributed by atoms with Crippen LogP contribution in [-0.2, 0) is 9.47 Å². The molecule has 8 heteroatoms. The third kappa shape index (κ3) is 3.60. The molecule has 0 aromatic heterocycles. The van der Waals surface area contributed by atoms with E-state index in [1.807, 2.05) is 6.07 Å². The highest BCUT2D eigenvalue weighted by Gasteiger charge is 2.63. The zero-order valence-corrected chi connectivity index (χ0v) is 21.3. The van der Waals surface area contributed by atoms with Gasteiger partial charge >= 0.3 is 13.1 Å². The lowest BCUT2D eigenvalue weighted by Gasteiger charge is -2.52. The van der Waals surface area contributed by atoms with Crippen molar-refractivity contribution in [2.45, 2.75) is 77.3 Å². The van der Waals surface area contributed by atoms with Gasteiger partial charge in [-0.2, -0.15) is 0 Å². The normalized spacial score (nSPS) is 35.1. The lowest BCUT2D eigenvalue weighted by atomic mass is 9.50. The van der Waals surface area contributed by atoms with Gasteiger partial charge in [-0.1, -0.05) is 45.4 Å². The molecule has 7 nitrogen and oxygen atoms in total. The van der Waals surface area contributed by atoms with E-state index in [4.69, 9.17) is 9.47 Å². The van der Waals surface area contributed by atoms with Gasteiger partial charge in [-0.05, 0) is 67.6 Å². The minimum Gasteiger partial charge on any atom is -0.509 e. The third-order valence-corrected chi connectivity index (χ3v) is 9.17. The molecule has 36 heavy (non-hydrogen) atoms. The minimum absolute atomic E-state index is 0.0214. The standard InChI is InChI=1S/C28H35BO7/c1-26(2)13-8-14-27(3)20(26)12-11-19(35-25(32)16-9-6-5-7-10-16)23-21(27)17-15-18(30)22(31)24(29(33)34)28(17,4)36-23/h5-7,9-10,15,19-20,24,30-31,33-34H,8,11-14H2,1-4H3/t19?,20-,24?,27-,28?/m1/s1. The summed E-state index contributed by atoms with van der Waals surface area (Å²) < 4.78 is 12.6. The van der Waals surface area contributed by atoms with Crippen molar-refractivity contribution in [3.63, 3.8) is 0 Å². The molecule has 4 N–H and O–H groups in total. The fraction of sp³-hybridized carbons (Fsp3) is 0.536. The molecule has 0 saturated heterocycles. The minimum atomic E-state index is -1.97. The van der Waals surface area contributed by atoms with Gasteiger partial charge in [0.15, 0.2) is 11.9 Å². The van der Waals surface area contributed by atoms with Crippen molar-refractivity contribution in [2.24, 2.45) is 16.7 Å². The molecule has 0 bridgehead atoms. The highest BCUT2D eigenvalue weighted by molar-refractivity contribution is 6.45. The number of allylic oxidation sites excluding steroid dienone is 1. The molecule has 1 heterocycles. The first-order chi connectivity index (χ1) is 16.9. The molecule has 3 aliphatic carbocycles. The highest BCUT2D eigenvalue weighted by Crippen LogP contribution is 2.65. The number of carbonyl (C=O) groups is 1. The summed E-state index contributed by atoms with van der Waals surface area (Å²) in [6.07, 6.45) is 5.16. The molecule has 1 fully saturated rings. The molecule has 0 amide bonds. The second-order valence-electron chi connectivity index (χ2n) is 11.8. The number of aliphatic hydroxyl groups excluding tert-OH is 2. The van der Waals surface area contributed by atoms with Gasteiger partial charge in [0.2, 0.25) is 0 Å². The van der Waals surface area contributed by atoms with Crippen molar-refractivity contribution in [1.29, 1.82) is 0 Å². The summed E-state index contributed by atoms with van der Waals surface area (Å²) in [4.78, 5) is 13.1. The zero-order chi connectivity index (χ0) is 26.0. The predicted octanol–water partition coefficient (Wildman–Crippen LogP) is 4.99. The molecule has 1 saturated carbocycles. The van der Waals surface area contributed by atoms with Crippen LogP contribution in [0.25, 0.3) is 0 Å². The fourth-order valence-corrected chi connectivity index (χ4v) is 7.50. The smallest absolute Gasteiger partial charge is 0.467 e. The van der Waals surface area contributed by atoms with Crippen LogP contribution >= 0.6 is 0 Å². The summed E-state index contributed by atoms with van der Waals surface area (Å²) >= 11 is 0. The number of benzene rings is 1. The van der Waals surface area contributed by atoms with Crippen LogP contribution in [0.3, 0.4) is 0 Å². The maximum absolute atomic E-state index is 13.1. The van der Waals surface area contributed by atoms with Crippen LogP contribution in [0.2, 0.25) is 5.82 Å². The van der Waals surface area contributed by atoms with Crippen LogP contribution in [0, 0.1) is 16.7 Å². The fourth-order valence-electron chi connectivity index (χ4n) is 7.50. The Balaban J connectivity index is 1.67. The van der Waals surface area contributed by atoms with Crippen molar-refractivity contribution in [1.82, 2.24) is 0 Å². The van der Waals surface area contributed by atoms with Crippen LogP contribution in [0.4, 0.5) is 0 Å². The number of rotatable bonds is 3. The SMILES string of the molecule is CC12OC3=C(C1=CC(O)=C(O)C2B(O)O)[C@]1(C)CCCC(C)(C)[C@H]1CCC3OC(=O)c1ccccc1. The van der Waals surface area contributed by atoms with E-state index in [0.717, 1.165) is 31.3 Å². The van der Waals surface area contributed by atoms with Gasteiger partial charge in [-0.25, -0.2) is 4.79 Å². The quantitative estimate of drug-likeness (QED) is 0.346. The number of esters is 1. The van der Waals surface area contributed by atoms with Gasteiger partial charge in [0.1, 0.15) is 17.1 Å². The van der Waals surface area contributed by atoms with Crippen LogP contribution in [0.5, 0.6) is 0 Å². The maximum atomic E-state index is 13.1. The molecule has 1 aromatic carbocycles. The second kappa shape index (κ2) is 8.42. The molecule has 192 valence electrons. The van der Waals surface area contributed by atoms with Crippen molar-refractivity contribution in [3.8, 4) is 0 Å². The summed E-state index contributed by atoms with van der Waals surface area (Å²) in [5.74, 6) is -1.96. The van der Waals surface area contributed by atoms with Crippen LogP contribution in [0.1, 0.15) is 70.2 Å². The monoisotopic (exact) mass is 494 g/mol.